The lowest BCUT2D eigenvalue weighted by molar-refractivity contribution is 0.393. The third-order valence-corrected chi connectivity index (χ3v) is 2.69. The molecular weight excluding hydrogens is 252 g/mol. The molecular formula is C13H13F2N3O. The van der Waals surface area contributed by atoms with Crippen molar-refractivity contribution in [3.63, 3.8) is 0 Å². The van der Waals surface area contributed by atoms with Crippen molar-refractivity contribution < 1.29 is 13.5 Å². The zero-order valence-corrected chi connectivity index (χ0v) is 10.6. The Kier molecular flexibility index (Phi) is 3.89. The van der Waals surface area contributed by atoms with Gasteiger partial charge in [-0.25, -0.2) is 18.7 Å². The predicted molar refractivity (Wildman–Crippen MR) is 67.0 cm³/mol. The first-order valence-electron chi connectivity index (χ1n) is 5.65. The highest BCUT2D eigenvalue weighted by atomic mass is 19.1. The molecule has 2 rings (SSSR count). The van der Waals surface area contributed by atoms with E-state index in [1.54, 1.807) is 6.92 Å². The first-order chi connectivity index (χ1) is 9.11. The van der Waals surface area contributed by atoms with Gasteiger partial charge in [-0.2, -0.15) is 0 Å². The Bertz CT molecular complexity index is 590. The van der Waals surface area contributed by atoms with Crippen molar-refractivity contribution in [3.05, 3.63) is 47.3 Å². The van der Waals surface area contributed by atoms with Gasteiger partial charge in [-0.1, -0.05) is 6.07 Å². The van der Waals surface area contributed by atoms with Gasteiger partial charge in [0.15, 0.2) is 0 Å². The molecule has 100 valence electrons. The number of benzene rings is 1. The molecule has 2 aromatic rings. The second-order valence-corrected chi connectivity index (χ2v) is 3.95. The Balaban J connectivity index is 2.14. The summed E-state index contributed by atoms with van der Waals surface area (Å²) in [7, 11) is 1.51. The molecule has 6 heteroatoms. The molecule has 0 radical (unpaired) electrons. The van der Waals surface area contributed by atoms with Gasteiger partial charge in [-0.3, -0.25) is 0 Å². The van der Waals surface area contributed by atoms with E-state index >= 15 is 0 Å². The Labute approximate surface area is 109 Å². The molecule has 19 heavy (non-hydrogen) atoms. The molecule has 0 aliphatic carbocycles. The van der Waals surface area contributed by atoms with Crippen LogP contribution in [-0.4, -0.2) is 17.1 Å². The molecule has 0 aliphatic rings. The van der Waals surface area contributed by atoms with Gasteiger partial charge in [0.2, 0.25) is 5.88 Å². The lowest BCUT2D eigenvalue weighted by Crippen LogP contribution is -2.06. The topological polar surface area (TPSA) is 47.0 Å². The summed E-state index contributed by atoms with van der Waals surface area (Å²) < 4.78 is 31.3. The summed E-state index contributed by atoms with van der Waals surface area (Å²) in [5, 5.41) is 2.97. The number of ether oxygens (including phenoxy) is 1. The highest BCUT2D eigenvalue weighted by Crippen LogP contribution is 2.20. The third-order valence-electron chi connectivity index (χ3n) is 2.69. The van der Waals surface area contributed by atoms with Gasteiger partial charge < -0.3 is 10.1 Å². The fourth-order valence-electron chi connectivity index (χ4n) is 1.66. The van der Waals surface area contributed by atoms with Gasteiger partial charge in [-0.05, 0) is 13.0 Å². The molecule has 0 saturated heterocycles. The summed E-state index contributed by atoms with van der Waals surface area (Å²) in [5.41, 5.74) is 1.09. The van der Waals surface area contributed by atoms with Crippen molar-refractivity contribution in [2.75, 3.05) is 12.4 Å². The van der Waals surface area contributed by atoms with E-state index in [1.807, 2.05) is 0 Å². The maximum absolute atomic E-state index is 13.5. The fourth-order valence-corrected chi connectivity index (χ4v) is 1.66. The van der Waals surface area contributed by atoms with E-state index in [-0.39, 0.29) is 6.54 Å². The summed E-state index contributed by atoms with van der Waals surface area (Å²) in [5.74, 6) is -0.181. The smallest absolute Gasteiger partial charge is 0.221 e. The number of halogens is 2. The van der Waals surface area contributed by atoms with E-state index in [2.05, 4.69) is 15.3 Å². The minimum absolute atomic E-state index is 0.202. The van der Waals surface area contributed by atoms with Crippen LogP contribution in [0.4, 0.5) is 14.6 Å². The van der Waals surface area contributed by atoms with Crippen molar-refractivity contribution in [2.24, 2.45) is 0 Å². The molecule has 1 N–H and O–H groups in total. The van der Waals surface area contributed by atoms with Gasteiger partial charge in [0.1, 0.15) is 23.8 Å². The Morgan fingerprint density at radius 2 is 2.05 bits per heavy atom. The Morgan fingerprint density at radius 3 is 2.74 bits per heavy atom. The maximum Gasteiger partial charge on any atom is 0.221 e. The van der Waals surface area contributed by atoms with Gasteiger partial charge >= 0.3 is 0 Å². The first-order valence-corrected chi connectivity index (χ1v) is 5.65. The standard InChI is InChI=1S/C13H13F2N3O/c1-8-12(17-7-18-13(8)19-2)16-6-9-3-4-10(14)5-11(9)15/h3-5,7H,6H2,1-2H3,(H,16,17,18). The molecule has 4 nitrogen and oxygen atoms in total. The highest BCUT2D eigenvalue weighted by Gasteiger charge is 2.08. The van der Waals surface area contributed by atoms with Gasteiger partial charge in [0, 0.05) is 18.2 Å². The van der Waals surface area contributed by atoms with Crippen LogP contribution in [0.5, 0.6) is 5.88 Å². The average molecular weight is 265 g/mol. The second kappa shape index (κ2) is 5.60. The number of nitrogens with one attached hydrogen (secondary N) is 1. The summed E-state index contributed by atoms with van der Waals surface area (Å²) >= 11 is 0. The van der Waals surface area contributed by atoms with Crippen LogP contribution in [0.1, 0.15) is 11.1 Å². The molecule has 0 bridgehead atoms. The molecule has 1 aromatic carbocycles. The molecule has 0 fully saturated rings. The van der Waals surface area contributed by atoms with Crippen LogP contribution in [0.15, 0.2) is 24.5 Å². The zero-order chi connectivity index (χ0) is 13.8. The molecule has 0 aliphatic heterocycles. The largest absolute Gasteiger partial charge is 0.481 e. The van der Waals surface area contributed by atoms with Crippen LogP contribution >= 0.6 is 0 Å². The Morgan fingerprint density at radius 1 is 1.26 bits per heavy atom. The summed E-state index contributed by atoms with van der Waals surface area (Å²) in [4.78, 5) is 7.99. The average Bonchev–Trinajstić information content (AvgIpc) is 2.39. The second-order valence-electron chi connectivity index (χ2n) is 3.95. The molecule has 0 unspecified atom stereocenters. The molecule has 0 atom stereocenters. The minimum atomic E-state index is -0.596. The fraction of sp³-hybridized carbons (Fsp3) is 0.231. The number of methoxy groups -OCH3 is 1. The van der Waals surface area contributed by atoms with E-state index < -0.39 is 11.6 Å². The third kappa shape index (κ3) is 2.96. The van der Waals surface area contributed by atoms with E-state index in [9.17, 15) is 8.78 Å². The van der Waals surface area contributed by atoms with Gasteiger partial charge in [0.05, 0.1) is 12.7 Å². The first kappa shape index (κ1) is 13.2. The SMILES string of the molecule is COc1ncnc(NCc2ccc(F)cc2F)c1C. The van der Waals surface area contributed by atoms with Crippen LogP contribution in [0.3, 0.4) is 0 Å². The number of hydrogen-bond acceptors (Lipinski definition) is 4. The quantitative estimate of drug-likeness (QED) is 0.923. The van der Waals surface area contributed by atoms with Crippen LogP contribution in [0.2, 0.25) is 0 Å². The van der Waals surface area contributed by atoms with Crippen LogP contribution in [0, 0.1) is 18.6 Å². The lowest BCUT2D eigenvalue weighted by atomic mass is 10.2. The van der Waals surface area contributed by atoms with Crippen LogP contribution in [-0.2, 0) is 6.54 Å². The van der Waals surface area contributed by atoms with E-state index in [0.717, 1.165) is 11.6 Å². The van der Waals surface area contributed by atoms with E-state index in [0.29, 0.717) is 17.3 Å². The lowest BCUT2D eigenvalue weighted by Gasteiger charge is -2.10. The molecule has 0 saturated carbocycles. The van der Waals surface area contributed by atoms with Crippen molar-refractivity contribution >= 4 is 5.82 Å². The minimum Gasteiger partial charge on any atom is -0.481 e. The molecule has 1 aromatic heterocycles. The number of rotatable bonds is 4. The zero-order valence-electron chi connectivity index (χ0n) is 10.6. The number of nitrogens with zero attached hydrogens (tertiary/aromatic N) is 2. The number of hydrogen-bond donors (Lipinski definition) is 1. The molecule has 1 heterocycles. The Hall–Kier alpha value is -2.24. The van der Waals surface area contributed by atoms with Crippen molar-refractivity contribution in [3.8, 4) is 5.88 Å². The normalized spacial score (nSPS) is 10.3. The maximum atomic E-state index is 13.5. The highest BCUT2D eigenvalue weighted by molar-refractivity contribution is 5.47. The summed E-state index contributed by atoms with van der Waals surface area (Å²) in [6.45, 7) is 2.00. The summed E-state index contributed by atoms with van der Waals surface area (Å²) in [6, 6.07) is 3.46. The number of anilines is 1. The van der Waals surface area contributed by atoms with Crippen LogP contribution in [0.25, 0.3) is 0 Å². The predicted octanol–water partition coefficient (Wildman–Crippen LogP) is 2.68. The summed E-state index contributed by atoms with van der Waals surface area (Å²) in [6.07, 6.45) is 1.36. The van der Waals surface area contributed by atoms with Gasteiger partial charge in [0.25, 0.3) is 0 Å². The monoisotopic (exact) mass is 265 g/mol. The van der Waals surface area contributed by atoms with Crippen molar-refractivity contribution in [1.29, 1.82) is 0 Å². The molecule has 0 spiro atoms. The number of aromatic nitrogens is 2. The van der Waals surface area contributed by atoms with E-state index in [1.165, 1.54) is 25.6 Å². The molecule has 0 amide bonds. The van der Waals surface area contributed by atoms with E-state index in [4.69, 9.17) is 4.74 Å². The van der Waals surface area contributed by atoms with Crippen molar-refractivity contribution in [2.45, 2.75) is 13.5 Å². The van der Waals surface area contributed by atoms with Crippen LogP contribution < -0.4 is 10.1 Å². The van der Waals surface area contributed by atoms with Gasteiger partial charge in [-0.15, -0.1) is 0 Å². The van der Waals surface area contributed by atoms with Crippen molar-refractivity contribution in [1.82, 2.24) is 9.97 Å².